The monoisotopic (exact) mass is 491 g/mol. The number of hydrogen-bond donors (Lipinski definition) is 2. The summed E-state index contributed by atoms with van der Waals surface area (Å²) in [5, 5.41) is 5.58. The number of carbonyl (C=O) groups is 3. The zero-order chi connectivity index (χ0) is 27.0. The molecule has 0 aromatic heterocycles. The zero-order valence-electron chi connectivity index (χ0n) is 22.2. The number of terminal acetylenes is 1. The predicted octanol–water partition coefficient (Wildman–Crippen LogP) is 5.20. The van der Waals surface area contributed by atoms with Crippen LogP contribution in [0.5, 0.6) is 0 Å². The molecule has 0 aliphatic heterocycles. The molecule has 0 bridgehead atoms. The van der Waals surface area contributed by atoms with Crippen LogP contribution >= 0.6 is 0 Å². The molecule has 0 aliphatic carbocycles. The molecule has 7 heteroatoms. The fraction of sp³-hybridized carbons (Fsp3) is 0.414. The lowest BCUT2D eigenvalue weighted by molar-refractivity contribution is -0.143. The highest BCUT2D eigenvalue weighted by Gasteiger charge is 2.37. The van der Waals surface area contributed by atoms with Crippen molar-refractivity contribution in [3.63, 3.8) is 0 Å². The predicted molar refractivity (Wildman–Crippen MR) is 142 cm³/mol. The number of amides is 3. The van der Waals surface area contributed by atoms with Crippen molar-refractivity contribution in [1.29, 1.82) is 0 Å². The molecule has 3 amide bonds. The molecule has 2 aromatic rings. The first-order valence-electron chi connectivity index (χ1n) is 12.1. The summed E-state index contributed by atoms with van der Waals surface area (Å²) in [6, 6.07) is 12.2. The molecular formula is C29H37N3O4. The van der Waals surface area contributed by atoms with E-state index in [9.17, 15) is 14.4 Å². The minimum Gasteiger partial charge on any atom is -0.444 e. The summed E-state index contributed by atoms with van der Waals surface area (Å²) in [7, 11) is 0. The Labute approximate surface area is 214 Å². The summed E-state index contributed by atoms with van der Waals surface area (Å²) >= 11 is 0. The number of hydrogen-bond acceptors (Lipinski definition) is 4. The molecule has 0 saturated carbocycles. The van der Waals surface area contributed by atoms with Gasteiger partial charge in [0.05, 0.1) is 0 Å². The van der Waals surface area contributed by atoms with E-state index in [0.29, 0.717) is 23.2 Å². The third kappa shape index (κ3) is 7.61. The van der Waals surface area contributed by atoms with Crippen LogP contribution in [-0.2, 0) is 14.3 Å². The maximum atomic E-state index is 13.8. The molecule has 0 radical (unpaired) electrons. The third-order valence-electron chi connectivity index (χ3n) is 5.75. The van der Waals surface area contributed by atoms with Crippen molar-refractivity contribution < 1.29 is 19.1 Å². The first kappa shape index (κ1) is 28.4. The van der Waals surface area contributed by atoms with Crippen LogP contribution in [0.1, 0.15) is 70.7 Å². The number of nitrogens with zero attached hydrogens (tertiary/aromatic N) is 1. The van der Waals surface area contributed by atoms with Gasteiger partial charge in [0.15, 0.2) is 0 Å². The molecule has 36 heavy (non-hydrogen) atoms. The Kier molecular flexibility index (Phi) is 9.68. The van der Waals surface area contributed by atoms with Gasteiger partial charge in [-0.05, 0) is 77.3 Å². The Balaban J connectivity index is 2.48. The fourth-order valence-electron chi connectivity index (χ4n) is 3.68. The maximum absolute atomic E-state index is 13.8. The van der Waals surface area contributed by atoms with Crippen molar-refractivity contribution in [2.24, 2.45) is 0 Å². The van der Waals surface area contributed by atoms with Gasteiger partial charge >= 0.3 is 6.09 Å². The zero-order valence-corrected chi connectivity index (χ0v) is 22.2. The number of aryl methyl sites for hydroxylation is 1. The molecule has 3 unspecified atom stereocenters. The largest absolute Gasteiger partial charge is 0.444 e. The van der Waals surface area contributed by atoms with E-state index in [2.05, 4.69) is 16.6 Å². The quantitative estimate of drug-likeness (QED) is 0.497. The number of carbonyl (C=O) groups excluding carboxylic acids is 3. The topological polar surface area (TPSA) is 87.7 Å². The van der Waals surface area contributed by atoms with Gasteiger partial charge < -0.3 is 20.3 Å². The summed E-state index contributed by atoms with van der Waals surface area (Å²) in [4.78, 5) is 41.4. The second kappa shape index (κ2) is 12.3. The molecule has 2 N–H and O–H groups in total. The first-order valence-corrected chi connectivity index (χ1v) is 12.1. The Hall–Kier alpha value is -3.79. The number of anilines is 1. The van der Waals surface area contributed by atoms with E-state index in [1.807, 2.05) is 45.0 Å². The fourth-order valence-corrected chi connectivity index (χ4v) is 3.68. The Morgan fingerprint density at radius 2 is 1.67 bits per heavy atom. The third-order valence-corrected chi connectivity index (χ3v) is 5.75. The van der Waals surface area contributed by atoms with E-state index in [1.165, 1.54) is 4.90 Å². The average Bonchev–Trinajstić information content (AvgIpc) is 2.81. The molecule has 7 nitrogen and oxygen atoms in total. The van der Waals surface area contributed by atoms with E-state index in [-0.39, 0.29) is 11.9 Å². The van der Waals surface area contributed by atoms with Gasteiger partial charge in [0.25, 0.3) is 5.91 Å². The van der Waals surface area contributed by atoms with Crippen LogP contribution in [0.15, 0.2) is 48.5 Å². The minimum atomic E-state index is -0.957. The molecule has 3 atom stereocenters. The smallest absolute Gasteiger partial charge is 0.408 e. The van der Waals surface area contributed by atoms with Crippen LogP contribution in [-0.4, -0.2) is 40.5 Å². The van der Waals surface area contributed by atoms with E-state index in [0.717, 1.165) is 5.56 Å². The van der Waals surface area contributed by atoms with Crippen molar-refractivity contribution in [2.75, 3.05) is 5.32 Å². The van der Waals surface area contributed by atoms with Crippen molar-refractivity contribution in [3.8, 4) is 12.3 Å². The first-order chi connectivity index (χ1) is 16.9. The van der Waals surface area contributed by atoms with Crippen LogP contribution < -0.4 is 10.6 Å². The number of rotatable bonds is 8. The molecule has 0 spiro atoms. The highest BCUT2D eigenvalue weighted by molar-refractivity contribution is 5.99. The van der Waals surface area contributed by atoms with Gasteiger partial charge in [0, 0.05) is 17.3 Å². The summed E-state index contributed by atoms with van der Waals surface area (Å²) in [6.45, 7) is 12.5. The summed E-state index contributed by atoms with van der Waals surface area (Å²) in [5.74, 6) is 1.80. The molecule has 0 heterocycles. The highest BCUT2D eigenvalue weighted by Crippen LogP contribution is 2.28. The van der Waals surface area contributed by atoms with Gasteiger partial charge in [-0.1, -0.05) is 43.2 Å². The lowest BCUT2D eigenvalue weighted by atomic mass is 9.99. The Morgan fingerprint density at radius 1 is 1.06 bits per heavy atom. The SMILES string of the molecule is C#Cc1ccc(C(C(=O)Nc2ccccc2C)N(C(=O)C(C)NC(=O)OC(C)(C)C)C(C)CC)cc1. The Bertz CT molecular complexity index is 1110. The summed E-state index contributed by atoms with van der Waals surface area (Å²) in [5.41, 5.74) is 2.12. The molecule has 192 valence electrons. The molecular weight excluding hydrogens is 454 g/mol. The number of benzene rings is 2. The van der Waals surface area contributed by atoms with Crippen LogP contribution in [0, 0.1) is 19.3 Å². The van der Waals surface area contributed by atoms with Crippen molar-refractivity contribution in [3.05, 3.63) is 65.2 Å². The van der Waals surface area contributed by atoms with Crippen LogP contribution in [0.3, 0.4) is 0 Å². The number of nitrogens with one attached hydrogen (secondary N) is 2. The standard InChI is InChI=1S/C29H37N3O4/c1-9-20(4)32(27(34)21(5)30-28(35)36-29(6,7)8)25(23-17-15-22(10-2)16-18-23)26(33)31-24-14-12-11-13-19(24)3/h2,11-18,20-21,25H,9H2,1,3-8H3,(H,30,35)(H,31,33). The Morgan fingerprint density at radius 3 is 2.19 bits per heavy atom. The van der Waals surface area contributed by atoms with Crippen molar-refractivity contribution >= 4 is 23.6 Å². The second-order valence-corrected chi connectivity index (χ2v) is 9.84. The normalized spacial score (nSPS) is 13.5. The van der Waals surface area contributed by atoms with Gasteiger partial charge in [0.1, 0.15) is 17.7 Å². The average molecular weight is 492 g/mol. The van der Waals surface area contributed by atoms with E-state index in [4.69, 9.17) is 11.2 Å². The number of ether oxygens (including phenoxy) is 1. The molecule has 0 fully saturated rings. The van der Waals surface area contributed by atoms with Gasteiger partial charge in [-0.25, -0.2) is 4.79 Å². The van der Waals surface area contributed by atoms with Crippen molar-refractivity contribution in [1.82, 2.24) is 10.2 Å². The number of alkyl carbamates (subject to hydrolysis) is 1. The van der Waals surface area contributed by atoms with Crippen LogP contribution in [0.25, 0.3) is 0 Å². The van der Waals surface area contributed by atoms with E-state index < -0.39 is 29.7 Å². The van der Waals surface area contributed by atoms with Gasteiger partial charge in [-0.15, -0.1) is 6.42 Å². The van der Waals surface area contributed by atoms with E-state index >= 15 is 0 Å². The minimum absolute atomic E-state index is 0.305. The summed E-state index contributed by atoms with van der Waals surface area (Å²) in [6.07, 6.45) is 5.41. The highest BCUT2D eigenvalue weighted by atomic mass is 16.6. The van der Waals surface area contributed by atoms with Crippen LogP contribution in [0.2, 0.25) is 0 Å². The van der Waals surface area contributed by atoms with Gasteiger partial charge in [-0.2, -0.15) is 0 Å². The van der Waals surface area contributed by atoms with Gasteiger partial charge in [-0.3, -0.25) is 9.59 Å². The lowest BCUT2D eigenvalue weighted by Gasteiger charge is -2.37. The number of para-hydroxylation sites is 1. The molecule has 2 rings (SSSR count). The summed E-state index contributed by atoms with van der Waals surface area (Å²) < 4.78 is 5.32. The van der Waals surface area contributed by atoms with E-state index in [1.54, 1.807) is 52.0 Å². The molecule has 0 saturated heterocycles. The molecule has 0 aliphatic rings. The van der Waals surface area contributed by atoms with Crippen molar-refractivity contribution in [2.45, 2.75) is 78.6 Å². The maximum Gasteiger partial charge on any atom is 0.408 e. The second-order valence-electron chi connectivity index (χ2n) is 9.84. The molecule has 2 aromatic carbocycles. The van der Waals surface area contributed by atoms with Gasteiger partial charge in [0.2, 0.25) is 5.91 Å². The van der Waals surface area contributed by atoms with Crippen LogP contribution in [0.4, 0.5) is 10.5 Å². The lowest BCUT2D eigenvalue weighted by Crippen LogP contribution is -2.53.